The van der Waals surface area contributed by atoms with E-state index in [4.69, 9.17) is 22.7 Å². The highest BCUT2D eigenvalue weighted by Gasteiger charge is 2.41. The molecule has 0 bridgehead atoms. The lowest BCUT2D eigenvalue weighted by Crippen LogP contribution is -2.62. The molecule has 0 aliphatic carbocycles. The number of likely N-dealkylation sites (N-methyl/N-ethyl adjacent to an activating group) is 1. The van der Waals surface area contributed by atoms with Crippen molar-refractivity contribution in [3.05, 3.63) is 23.8 Å². The summed E-state index contributed by atoms with van der Waals surface area (Å²) in [7, 11) is 3.43. The van der Waals surface area contributed by atoms with Gasteiger partial charge in [-0.1, -0.05) is 12.2 Å². The molecule has 1 aromatic rings. The maximum atomic E-state index is 12.5. The van der Waals surface area contributed by atoms with Gasteiger partial charge in [-0.3, -0.25) is 4.79 Å². The van der Waals surface area contributed by atoms with Gasteiger partial charge in [-0.2, -0.15) is 0 Å². The molecule has 1 fully saturated rings. The minimum Gasteiger partial charge on any atom is -0.497 e. The molecule has 2 N–H and O–H groups in total. The van der Waals surface area contributed by atoms with Crippen LogP contribution in [0.4, 0.5) is 5.69 Å². The summed E-state index contributed by atoms with van der Waals surface area (Å²) in [5.41, 5.74) is 6.78. The van der Waals surface area contributed by atoms with E-state index in [0.29, 0.717) is 17.3 Å². The smallest absolute Gasteiger partial charge is 0.247 e. The number of anilines is 1. The minimum atomic E-state index is -0.654. The number of nitrogens with zero attached hydrogens (tertiary/aromatic N) is 2. The fourth-order valence-corrected chi connectivity index (χ4v) is 2.88. The van der Waals surface area contributed by atoms with Gasteiger partial charge in [0.1, 0.15) is 16.3 Å². The fourth-order valence-electron chi connectivity index (χ4n) is 2.71. The third-order valence-corrected chi connectivity index (χ3v) is 4.18. The normalized spacial score (nSPS) is 17.8. The summed E-state index contributed by atoms with van der Waals surface area (Å²) in [6, 6.07) is 5.55. The molecule has 0 unspecified atom stereocenters. The number of hydrogen-bond acceptors (Lipinski definition) is 4. The van der Waals surface area contributed by atoms with Crippen LogP contribution in [0.1, 0.15) is 19.4 Å². The van der Waals surface area contributed by atoms with E-state index in [2.05, 4.69) is 0 Å². The molecule has 21 heavy (non-hydrogen) atoms. The molecule has 0 saturated carbocycles. The zero-order chi connectivity index (χ0) is 15.8. The Bertz CT molecular complexity index is 586. The second-order valence-electron chi connectivity index (χ2n) is 5.68. The number of hydrogen-bond donors (Lipinski definition) is 1. The first-order valence-corrected chi connectivity index (χ1v) is 7.21. The number of piperazine rings is 1. The number of carbonyl (C=O) groups is 1. The van der Waals surface area contributed by atoms with Gasteiger partial charge in [0.2, 0.25) is 5.91 Å². The Kier molecular flexibility index (Phi) is 4.09. The van der Waals surface area contributed by atoms with Crippen LogP contribution in [0.2, 0.25) is 0 Å². The van der Waals surface area contributed by atoms with Gasteiger partial charge in [0.25, 0.3) is 0 Å². The van der Waals surface area contributed by atoms with Crippen LogP contribution < -0.4 is 15.4 Å². The Morgan fingerprint density at radius 2 is 2.05 bits per heavy atom. The van der Waals surface area contributed by atoms with Crippen LogP contribution in [-0.2, 0) is 4.79 Å². The maximum Gasteiger partial charge on any atom is 0.247 e. The van der Waals surface area contributed by atoms with E-state index in [1.54, 1.807) is 12.0 Å². The highest BCUT2D eigenvalue weighted by Crippen LogP contribution is 2.33. The van der Waals surface area contributed by atoms with Crippen molar-refractivity contribution in [3.63, 3.8) is 0 Å². The Labute approximate surface area is 130 Å². The summed E-state index contributed by atoms with van der Waals surface area (Å²) in [4.78, 5) is 16.6. The molecule has 1 amide bonds. The maximum absolute atomic E-state index is 12.5. The van der Waals surface area contributed by atoms with Crippen molar-refractivity contribution in [3.8, 4) is 5.75 Å². The summed E-state index contributed by atoms with van der Waals surface area (Å²) in [5.74, 6) is 0.789. The van der Waals surface area contributed by atoms with Crippen molar-refractivity contribution >= 4 is 28.8 Å². The molecule has 2 rings (SSSR count). The standard InChI is InChI=1S/C15H21N3O2S/c1-15(2)14(19)17(3)7-8-18(15)12-9-10(20-4)5-6-11(12)13(16)21/h5-6,9H,7-8H2,1-4H3,(H2,16,21). The molecule has 1 heterocycles. The van der Waals surface area contributed by atoms with E-state index in [1.807, 2.05) is 44.0 Å². The molecule has 0 spiro atoms. The van der Waals surface area contributed by atoms with Crippen molar-refractivity contribution in [2.45, 2.75) is 19.4 Å². The van der Waals surface area contributed by atoms with Gasteiger partial charge in [0.05, 0.1) is 12.8 Å². The van der Waals surface area contributed by atoms with E-state index < -0.39 is 5.54 Å². The minimum absolute atomic E-state index is 0.0745. The lowest BCUT2D eigenvalue weighted by Gasteiger charge is -2.46. The zero-order valence-electron chi connectivity index (χ0n) is 12.8. The number of methoxy groups -OCH3 is 1. The van der Waals surface area contributed by atoms with Gasteiger partial charge < -0.3 is 20.3 Å². The van der Waals surface area contributed by atoms with Crippen molar-refractivity contribution < 1.29 is 9.53 Å². The van der Waals surface area contributed by atoms with Crippen LogP contribution in [0, 0.1) is 0 Å². The lowest BCUT2D eigenvalue weighted by atomic mass is 9.95. The largest absolute Gasteiger partial charge is 0.497 e. The topological polar surface area (TPSA) is 58.8 Å². The Morgan fingerprint density at radius 1 is 1.38 bits per heavy atom. The van der Waals surface area contributed by atoms with Crippen LogP contribution in [0.5, 0.6) is 5.75 Å². The predicted octanol–water partition coefficient (Wildman–Crippen LogP) is 1.39. The molecule has 1 saturated heterocycles. The zero-order valence-corrected chi connectivity index (χ0v) is 13.7. The van der Waals surface area contributed by atoms with Crippen molar-refractivity contribution in [1.29, 1.82) is 0 Å². The van der Waals surface area contributed by atoms with Crippen LogP contribution in [0.15, 0.2) is 18.2 Å². The summed E-state index contributed by atoms with van der Waals surface area (Å²) in [6.45, 7) is 5.20. The summed E-state index contributed by atoms with van der Waals surface area (Å²) < 4.78 is 5.29. The average molecular weight is 307 g/mol. The van der Waals surface area contributed by atoms with Crippen LogP contribution in [0.25, 0.3) is 0 Å². The van der Waals surface area contributed by atoms with E-state index in [1.165, 1.54) is 0 Å². The molecule has 5 nitrogen and oxygen atoms in total. The number of rotatable bonds is 3. The molecule has 0 aromatic heterocycles. The molecular formula is C15H21N3O2S. The van der Waals surface area contributed by atoms with E-state index in [9.17, 15) is 4.79 Å². The van der Waals surface area contributed by atoms with E-state index in [-0.39, 0.29) is 5.91 Å². The predicted molar refractivity (Wildman–Crippen MR) is 87.9 cm³/mol. The highest BCUT2D eigenvalue weighted by atomic mass is 32.1. The highest BCUT2D eigenvalue weighted by molar-refractivity contribution is 7.80. The molecule has 1 aliphatic rings. The summed E-state index contributed by atoms with van der Waals surface area (Å²) >= 11 is 5.14. The summed E-state index contributed by atoms with van der Waals surface area (Å²) in [6.07, 6.45) is 0. The molecule has 0 radical (unpaired) electrons. The fraction of sp³-hybridized carbons (Fsp3) is 0.467. The first-order chi connectivity index (χ1) is 9.78. The van der Waals surface area contributed by atoms with Crippen LogP contribution >= 0.6 is 12.2 Å². The van der Waals surface area contributed by atoms with Crippen molar-refractivity contribution in [1.82, 2.24) is 4.90 Å². The van der Waals surface area contributed by atoms with Gasteiger partial charge in [0.15, 0.2) is 0 Å². The van der Waals surface area contributed by atoms with Gasteiger partial charge in [0, 0.05) is 31.8 Å². The molecule has 1 aromatic carbocycles. The molecule has 0 atom stereocenters. The number of ether oxygens (including phenoxy) is 1. The average Bonchev–Trinajstić information content (AvgIpc) is 2.44. The lowest BCUT2D eigenvalue weighted by molar-refractivity contribution is -0.136. The number of carbonyl (C=O) groups excluding carboxylic acids is 1. The first kappa shape index (κ1) is 15.6. The van der Waals surface area contributed by atoms with E-state index >= 15 is 0 Å². The van der Waals surface area contributed by atoms with Crippen LogP contribution in [0.3, 0.4) is 0 Å². The Morgan fingerprint density at radius 3 is 2.62 bits per heavy atom. The molecule has 1 aliphatic heterocycles. The third kappa shape index (κ3) is 2.68. The first-order valence-electron chi connectivity index (χ1n) is 6.80. The Hall–Kier alpha value is -1.82. The van der Waals surface area contributed by atoms with E-state index in [0.717, 1.165) is 17.8 Å². The van der Waals surface area contributed by atoms with Crippen molar-refractivity contribution in [2.75, 3.05) is 32.1 Å². The monoisotopic (exact) mass is 307 g/mol. The van der Waals surface area contributed by atoms with Gasteiger partial charge in [-0.25, -0.2) is 0 Å². The molecule has 6 heteroatoms. The van der Waals surface area contributed by atoms with Gasteiger partial charge in [-0.05, 0) is 26.0 Å². The second-order valence-corrected chi connectivity index (χ2v) is 6.12. The number of benzene rings is 1. The number of thiocarbonyl (C=S) groups is 1. The summed E-state index contributed by atoms with van der Waals surface area (Å²) in [5, 5.41) is 0. The third-order valence-electron chi connectivity index (χ3n) is 3.97. The van der Waals surface area contributed by atoms with Gasteiger partial charge >= 0.3 is 0 Å². The molecular weight excluding hydrogens is 286 g/mol. The SMILES string of the molecule is COc1ccc(C(N)=S)c(N2CCN(C)C(=O)C2(C)C)c1. The Balaban J connectivity index is 2.54. The second kappa shape index (κ2) is 5.52. The van der Waals surface area contributed by atoms with Crippen LogP contribution in [-0.4, -0.2) is 48.6 Å². The molecule has 114 valence electrons. The van der Waals surface area contributed by atoms with Gasteiger partial charge in [-0.15, -0.1) is 0 Å². The number of amides is 1. The number of nitrogens with two attached hydrogens (primary N) is 1. The van der Waals surface area contributed by atoms with Crippen molar-refractivity contribution in [2.24, 2.45) is 5.73 Å². The quantitative estimate of drug-likeness (QED) is 0.855.